The summed E-state index contributed by atoms with van der Waals surface area (Å²) in [5.41, 5.74) is 3.84. The predicted molar refractivity (Wildman–Crippen MR) is 103 cm³/mol. The van der Waals surface area contributed by atoms with Crippen LogP contribution in [0.1, 0.15) is 29.7 Å². The van der Waals surface area contributed by atoms with Crippen molar-refractivity contribution in [1.29, 1.82) is 0 Å². The van der Waals surface area contributed by atoms with E-state index in [-0.39, 0.29) is 12.5 Å². The SMILES string of the molecule is Cc1cc(Cl)ccc1NC(=O)COc1ccc2oc3c(c2c1)CCCC3. The molecule has 4 rings (SSSR count). The van der Waals surface area contributed by atoms with Gasteiger partial charge in [0.05, 0.1) is 0 Å². The fourth-order valence-corrected chi connectivity index (χ4v) is 3.66. The van der Waals surface area contributed by atoms with Crippen LogP contribution in [0.2, 0.25) is 5.02 Å². The lowest BCUT2D eigenvalue weighted by molar-refractivity contribution is -0.118. The number of carbonyl (C=O) groups excluding carboxylic acids is 1. The number of carbonyl (C=O) groups is 1. The zero-order valence-electron chi connectivity index (χ0n) is 14.6. The maximum absolute atomic E-state index is 12.2. The molecule has 0 unspecified atom stereocenters. The smallest absolute Gasteiger partial charge is 0.262 e. The topological polar surface area (TPSA) is 51.5 Å². The van der Waals surface area contributed by atoms with E-state index in [4.69, 9.17) is 20.8 Å². The monoisotopic (exact) mass is 369 g/mol. The maximum atomic E-state index is 12.2. The first-order valence-corrected chi connectivity index (χ1v) is 9.21. The highest BCUT2D eigenvalue weighted by atomic mass is 35.5. The van der Waals surface area contributed by atoms with Gasteiger partial charge < -0.3 is 14.5 Å². The van der Waals surface area contributed by atoms with E-state index in [0.29, 0.717) is 10.8 Å². The minimum absolute atomic E-state index is 0.0480. The van der Waals surface area contributed by atoms with E-state index in [1.807, 2.05) is 31.2 Å². The average Bonchev–Trinajstić information content (AvgIpc) is 3.00. The zero-order chi connectivity index (χ0) is 18.1. The molecule has 0 fully saturated rings. The lowest BCUT2D eigenvalue weighted by Crippen LogP contribution is -2.20. The average molecular weight is 370 g/mol. The van der Waals surface area contributed by atoms with Crippen molar-refractivity contribution < 1.29 is 13.9 Å². The van der Waals surface area contributed by atoms with E-state index in [1.165, 1.54) is 18.4 Å². The van der Waals surface area contributed by atoms with Crippen LogP contribution in [0, 0.1) is 6.92 Å². The van der Waals surface area contributed by atoms with Crippen molar-refractivity contribution in [2.45, 2.75) is 32.6 Å². The van der Waals surface area contributed by atoms with Crippen molar-refractivity contribution in [3.8, 4) is 5.75 Å². The fourth-order valence-electron chi connectivity index (χ4n) is 3.43. The summed E-state index contributed by atoms with van der Waals surface area (Å²) in [7, 11) is 0. The second kappa shape index (κ2) is 7.04. The number of ether oxygens (including phenoxy) is 1. The number of hydrogen-bond acceptors (Lipinski definition) is 3. The van der Waals surface area contributed by atoms with Crippen LogP contribution in [0.25, 0.3) is 11.0 Å². The lowest BCUT2D eigenvalue weighted by atomic mass is 9.96. The van der Waals surface area contributed by atoms with Crippen LogP contribution in [0.15, 0.2) is 40.8 Å². The van der Waals surface area contributed by atoms with Crippen LogP contribution in [0.4, 0.5) is 5.69 Å². The second-order valence-corrected chi connectivity index (χ2v) is 7.10. The molecule has 5 heteroatoms. The van der Waals surface area contributed by atoms with E-state index in [9.17, 15) is 4.79 Å². The third kappa shape index (κ3) is 3.42. The molecule has 2 aromatic carbocycles. The standard InChI is InChI=1S/C21H20ClNO3/c1-13-10-14(22)6-8-18(13)23-21(24)12-25-15-7-9-20-17(11-15)16-4-2-3-5-19(16)26-20/h6-11H,2-5,12H2,1H3,(H,23,24). The van der Waals surface area contributed by atoms with Gasteiger partial charge in [0.15, 0.2) is 6.61 Å². The van der Waals surface area contributed by atoms with Gasteiger partial charge in [-0.1, -0.05) is 11.6 Å². The van der Waals surface area contributed by atoms with Crippen molar-refractivity contribution >= 4 is 34.2 Å². The summed E-state index contributed by atoms with van der Waals surface area (Å²) in [6.45, 7) is 1.85. The minimum atomic E-state index is -0.204. The van der Waals surface area contributed by atoms with Crippen molar-refractivity contribution in [3.05, 3.63) is 58.3 Å². The van der Waals surface area contributed by atoms with Crippen LogP contribution in [0.5, 0.6) is 5.75 Å². The molecule has 1 aliphatic rings. The molecular weight excluding hydrogens is 350 g/mol. The fraction of sp³-hybridized carbons (Fsp3) is 0.286. The highest BCUT2D eigenvalue weighted by Crippen LogP contribution is 2.33. The van der Waals surface area contributed by atoms with Crippen molar-refractivity contribution in [1.82, 2.24) is 0 Å². The molecular formula is C21H20ClNO3. The first kappa shape index (κ1) is 17.0. The molecule has 1 aromatic heterocycles. The highest BCUT2D eigenvalue weighted by Gasteiger charge is 2.18. The normalized spacial score (nSPS) is 13.5. The number of benzene rings is 2. The molecule has 0 radical (unpaired) electrons. The van der Waals surface area contributed by atoms with Crippen molar-refractivity contribution in [2.24, 2.45) is 0 Å². The lowest BCUT2D eigenvalue weighted by Gasteiger charge is -2.10. The Morgan fingerprint density at radius 2 is 2.04 bits per heavy atom. The summed E-state index contributed by atoms with van der Waals surface area (Å²) in [6, 6.07) is 11.1. The number of nitrogens with one attached hydrogen (secondary N) is 1. The molecule has 1 amide bonds. The molecule has 134 valence electrons. The molecule has 1 heterocycles. The Hall–Kier alpha value is -2.46. The summed E-state index contributed by atoms with van der Waals surface area (Å²) in [5, 5.41) is 4.60. The Morgan fingerprint density at radius 3 is 2.88 bits per heavy atom. The quantitative estimate of drug-likeness (QED) is 0.679. The predicted octanol–water partition coefficient (Wildman–Crippen LogP) is 5.29. The van der Waals surface area contributed by atoms with Gasteiger partial charge in [-0.25, -0.2) is 0 Å². The van der Waals surface area contributed by atoms with Gasteiger partial charge in [0.2, 0.25) is 0 Å². The van der Waals surface area contributed by atoms with Crippen molar-refractivity contribution in [2.75, 3.05) is 11.9 Å². The molecule has 0 aliphatic heterocycles. The number of amides is 1. The summed E-state index contributed by atoms with van der Waals surface area (Å²) in [6.07, 6.45) is 4.42. The Balaban J connectivity index is 1.44. The summed E-state index contributed by atoms with van der Waals surface area (Å²) in [4.78, 5) is 12.2. The third-order valence-corrected chi connectivity index (χ3v) is 4.99. The number of anilines is 1. The Morgan fingerprint density at radius 1 is 1.19 bits per heavy atom. The van der Waals surface area contributed by atoms with Gasteiger partial charge in [0, 0.05) is 28.1 Å². The second-order valence-electron chi connectivity index (χ2n) is 6.66. The molecule has 4 nitrogen and oxygen atoms in total. The number of hydrogen-bond donors (Lipinski definition) is 1. The summed E-state index contributed by atoms with van der Waals surface area (Å²) in [5.74, 6) is 1.57. The molecule has 3 aromatic rings. The van der Waals surface area contributed by atoms with E-state index in [1.54, 1.807) is 12.1 Å². The van der Waals surface area contributed by atoms with Gasteiger partial charge in [-0.15, -0.1) is 0 Å². The van der Waals surface area contributed by atoms with Crippen LogP contribution < -0.4 is 10.1 Å². The largest absolute Gasteiger partial charge is 0.484 e. The van der Waals surface area contributed by atoms with Gasteiger partial charge in [-0.3, -0.25) is 4.79 Å². The number of aryl methyl sites for hydroxylation is 3. The molecule has 0 saturated carbocycles. The maximum Gasteiger partial charge on any atom is 0.262 e. The Bertz CT molecular complexity index is 977. The van der Waals surface area contributed by atoms with Crippen LogP contribution in [-0.4, -0.2) is 12.5 Å². The molecule has 0 spiro atoms. The molecule has 1 N–H and O–H groups in total. The number of fused-ring (bicyclic) bond motifs is 3. The van der Waals surface area contributed by atoms with Crippen LogP contribution >= 0.6 is 11.6 Å². The van der Waals surface area contributed by atoms with Crippen LogP contribution in [0.3, 0.4) is 0 Å². The Labute approximate surface area is 157 Å². The van der Waals surface area contributed by atoms with E-state index >= 15 is 0 Å². The number of furan rings is 1. The van der Waals surface area contributed by atoms with E-state index in [2.05, 4.69) is 5.32 Å². The summed E-state index contributed by atoms with van der Waals surface area (Å²) < 4.78 is 11.6. The van der Waals surface area contributed by atoms with Gasteiger partial charge in [-0.2, -0.15) is 0 Å². The molecule has 26 heavy (non-hydrogen) atoms. The number of halogens is 1. The third-order valence-electron chi connectivity index (χ3n) is 4.76. The van der Waals surface area contributed by atoms with Crippen LogP contribution in [-0.2, 0) is 17.6 Å². The van der Waals surface area contributed by atoms with E-state index < -0.39 is 0 Å². The first-order chi connectivity index (χ1) is 12.6. The molecule has 0 bridgehead atoms. The van der Waals surface area contributed by atoms with Crippen molar-refractivity contribution in [3.63, 3.8) is 0 Å². The van der Waals surface area contributed by atoms with Gasteiger partial charge in [-0.05, 0) is 68.1 Å². The molecule has 1 aliphatic carbocycles. The minimum Gasteiger partial charge on any atom is -0.484 e. The summed E-state index contributed by atoms with van der Waals surface area (Å²) >= 11 is 5.94. The van der Waals surface area contributed by atoms with E-state index in [0.717, 1.165) is 40.8 Å². The van der Waals surface area contributed by atoms with Gasteiger partial charge >= 0.3 is 0 Å². The zero-order valence-corrected chi connectivity index (χ0v) is 15.4. The Kier molecular flexibility index (Phi) is 4.60. The van der Waals surface area contributed by atoms with Gasteiger partial charge in [0.1, 0.15) is 17.1 Å². The van der Waals surface area contributed by atoms with Gasteiger partial charge in [0.25, 0.3) is 5.91 Å². The number of rotatable bonds is 4. The molecule has 0 atom stereocenters. The highest BCUT2D eigenvalue weighted by molar-refractivity contribution is 6.30. The molecule has 0 saturated heterocycles. The first-order valence-electron chi connectivity index (χ1n) is 8.83.